The number of amides is 1. The van der Waals surface area contributed by atoms with Crippen LogP contribution in [0.1, 0.15) is 38.3 Å². The van der Waals surface area contributed by atoms with E-state index in [0.717, 1.165) is 5.56 Å². The van der Waals surface area contributed by atoms with Crippen molar-refractivity contribution in [3.63, 3.8) is 0 Å². The Labute approximate surface area is 181 Å². The molecule has 0 radical (unpaired) electrons. The molecule has 31 heavy (non-hydrogen) atoms. The number of esters is 1. The lowest BCUT2D eigenvalue weighted by molar-refractivity contribution is -0.146. The zero-order chi connectivity index (χ0) is 22.6. The predicted octanol–water partition coefficient (Wildman–Crippen LogP) is 3.70. The van der Waals surface area contributed by atoms with Gasteiger partial charge in [-0.05, 0) is 18.6 Å². The number of hydroxylamine groups is 1. The third kappa shape index (κ3) is 7.89. The van der Waals surface area contributed by atoms with Gasteiger partial charge in [0.2, 0.25) is 5.91 Å². The van der Waals surface area contributed by atoms with Gasteiger partial charge in [0.25, 0.3) is 0 Å². The molecule has 0 bridgehead atoms. The number of benzene rings is 2. The highest BCUT2D eigenvalue weighted by Gasteiger charge is 2.23. The van der Waals surface area contributed by atoms with E-state index in [1.807, 2.05) is 60.7 Å². The van der Waals surface area contributed by atoms with Crippen LogP contribution in [0, 0.1) is 5.92 Å². The molecule has 0 saturated heterocycles. The minimum atomic E-state index is -0.781. The molecule has 0 aromatic heterocycles. The van der Waals surface area contributed by atoms with Crippen LogP contribution in [0.4, 0.5) is 0 Å². The Balaban J connectivity index is 2.48. The molecule has 0 spiro atoms. The highest BCUT2D eigenvalue weighted by atomic mass is 16.7. The summed E-state index contributed by atoms with van der Waals surface area (Å²) in [5, 5.41) is 0. The summed E-state index contributed by atoms with van der Waals surface area (Å²) >= 11 is 0. The summed E-state index contributed by atoms with van der Waals surface area (Å²) in [5.74, 6) is -2.16. The lowest BCUT2D eigenvalue weighted by Crippen LogP contribution is -2.23. The molecule has 1 unspecified atom stereocenters. The lowest BCUT2D eigenvalue weighted by atomic mass is 9.95. The maximum atomic E-state index is 12.8. The molecular weight excluding hydrogens is 396 g/mol. The Morgan fingerprint density at radius 2 is 1.55 bits per heavy atom. The van der Waals surface area contributed by atoms with Crippen LogP contribution in [-0.2, 0) is 24.0 Å². The van der Waals surface area contributed by atoms with Crippen LogP contribution in [0.15, 0.2) is 71.7 Å². The average molecular weight is 422 g/mol. The fourth-order valence-corrected chi connectivity index (χ4v) is 2.85. The highest BCUT2D eigenvalue weighted by Crippen LogP contribution is 2.20. The van der Waals surface area contributed by atoms with E-state index >= 15 is 0 Å². The van der Waals surface area contributed by atoms with Crippen LogP contribution in [0.3, 0.4) is 0 Å². The van der Waals surface area contributed by atoms with E-state index in [0.29, 0.717) is 17.0 Å². The summed E-state index contributed by atoms with van der Waals surface area (Å²) < 4.78 is 5.25. The molecule has 162 valence electrons. The monoisotopic (exact) mass is 422 g/mol. The van der Waals surface area contributed by atoms with Gasteiger partial charge in [-0.1, -0.05) is 60.7 Å². The van der Waals surface area contributed by atoms with Crippen molar-refractivity contribution in [2.75, 3.05) is 6.61 Å². The van der Waals surface area contributed by atoms with Gasteiger partial charge in [-0.25, -0.2) is 10.5 Å². The molecular formula is C24H26N2O5. The fraction of sp³-hybridized carbons (Fsp3) is 0.250. The summed E-state index contributed by atoms with van der Waals surface area (Å²) in [6.45, 7) is 4.54. The first-order chi connectivity index (χ1) is 14.9. The maximum Gasteiger partial charge on any atom is 0.329 e. The lowest BCUT2D eigenvalue weighted by Gasteiger charge is -2.17. The average Bonchev–Trinajstić information content (AvgIpc) is 2.76. The maximum absolute atomic E-state index is 12.8. The van der Waals surface area contributed by atoms with E-state index in [9.17, 15) is 14.4 Å². The number of rotatable bonds is 9. The number of nitrogens with one attached hydrogen (secondary N) is 1. The van der Waals surface area contributed by atoms with Crippen molar-refractivity contribution in [3.05, 3.63) is 77.9 Å². The fourth-order valence-electron chi connectivity index (χ4n) is 2.85. The number of ether oxygens (including phenoxy) is 1. The van der Waals surface area contributed by atoms with Gasteiger partial charge in [-0.3, -0.25) is 14.4 Å². The summed E-state index contributed by atoms with van der Waals surface area (Å²) in [6, 6.07) is 18.3. The largest absolute Gasteiger partial charge is 0.466 e. The highest BCUT2D eigenvalue weighted by molar-refractivity contribution is 6.07. The molecule has 1 N–H and O–H groups in total. The Morgan fingerprint density at radius 3 is 2.06 bits per heavy atom. The van der Waals surface area contributed by atoms with Gasteiger partial charge in [0.15, 0.2) is 0 Å². The summed E-state index contributed by atoms with van der Waals surface area (Å²) in [5.41, 5.74) is 4.94. The number of hydrogen-bond donors (Lipinski definition) is 1. The molecule has 0 aliphatic carbocycles. The zero-order valence-corrected chi connectivity index (χ0v) is 17.8. The Kier molecular flexibility index (Phi) is 9.16. The first kappa shape index (κ1) is 23.5. The van der Waals surface area contributed by atoms with E-state index < -0.39 is 17.9 Å². The van der Waals surface area contributed by atoms with Crippen LogP contribution in [0.5, 0.6) is 0 Å². The van der Waals surface area contributed by atoms with Gasteiger partial charge in [0.05, 0.1) is 23.9 Å². The third-order valence-electron chi connectivity index (χ3n) is 4.16. The van der Waals surface area contributed by atoms with Crippen molar-refractivity contribution < 1.29 is 24.0 Å². The summed E-state index contributed by atoms with van der Waals surface area (Å²) in [6.07, 6.45) is 1.75. The van der Waals surface area contributed by atoms with Gasteiger partial charge in [-0.2, -0.15) is 0 Å². The van der Waals surface area contributed by atoms with Crippen LogP contribution in [0.2, 0.25) is 0 Å². The molecule has 0 aliphatic heterocycles. The van der Waals surface area contributed by atoms with E-state index in [4.69, 9.17) is 9.57 Å². The van der Waals surface area contributed by atoms with Crippen molar-refractivity contribution >= 4 is 29.3 Å². The second kappa shape index (κ2) is 12.1. The van der Waals surface area contributed by atoms with Gasteiger partial charge in [0, 0.05) is 25.8 Å². The van der Waals surface area contributed by atoms with Gasteiger partial charge in [-0.15, -0.1) is 0 Å². The molecule has 2 aromatic rings. The topological polar surface area (TPSA) is 94.1 Å². The molecule has 2 rings (SSSR count). The molecule has 1 atom stereocenters. The van der Waals surface area contributed by atoms with Gasteiger partial charge < -0.3 is 9.57 Å². The Bertz CT molecular complexity index is 952. The van der Waals surface area contributed by atoms with Crippen molar-refractivity contribution in [1.29, 1.82) is 0 Å². The summed E-state index contributed by atoms with van der Waals surface area (Å²) in [4.78, 5) is 44.9. The molecule has 0 heterocycles. The van der Waals surface area contributed by atoms with Crippen LogP contribution >= 0.6 is 0 Å². The van der Waals surface area contributed by atoms with Crippen molar-refractivity contribution in [3.8, 4) is 0 Å². The summed E-state index contributed by atoms with van der Waals surface area (Å²) in [7, 11) is 0. The zero-order valence-electron chi connectivity index (χ0n) is 17.8. The normalized spacial score (nSPS) is 12.6. The second-order valence-corrected chi connectivity index (χ2v) is 6.65. The van der Waals surface area contributed by atoms with Gasteiger partial charge in [0.1, 0.15) is 0 Å². The number of aliphatic imine (C=N–C) groups is 1. The first-order valence-electron chi connectivity index (χ1n) is 9.91. The van der Waals surface area contributed by atoms with E-state index in [1.54, 1.807) is 13.0 Å². The minimum absolute atomic E-state index is 0.126. The van der Waals surface area contributed by atoms with E-state index in [1.165, 1.54) is 13.8 Å². The molecule has 0 aliphatic rings. The SMILES string of the molecule is CCOC(=O)C(/C=C(\NOC(C)=O)c1ccccc1)CC(=NC(C)=O)c1ccccc1. The molecule has 0 fully saturated rings. The number of carbonyl (C=O) groups is 3. The molecule has 7 nitrogen and oxygen atoms in total. The number of hydrogen-bond acceptors (Lipinski definition) is 6. The standard InChI is InChI=1S/C24H26N2O5/c1-4-30-24(29)21(15-22(25-17(2)27)19-11-7-5-8-12-19)16-23(26-31-18(3)28)20-13-9-6-10-14-20/h5-14,16,21,26H,4,15H2,1-3H3/b23-16-,25-22?. The minimum Gasteiger partial charge on any atom is -0.466 e. The third-order valence-corrected chi connectivity index (χ3v) is 4.16. The van der Waals surface area contributed by atoms with Crippen molar-refractivity contribution in [2.24, 2.45) is 10.9 Å². The molecule has 2 aromatic carbocycles. The Morgan fingerprint density at radius 1 is 0.968 bits per heavy atom. The van der Waals surface area contributed by atoms with Crippen molar-refractivity contribution in [2.45, 2.75) is 27.2 Å². The van der Waals surface area contributed by atoms with Gasteiger partial charge >= 0.3 is 11.9 Å². The second-order valence-electron chi connectivity index (χ2n) is 6.65. The molecule has 1 amide bonds. The van der Waals surface area contributed by atoms with Crippen LogP contribution in [0.25, 0.3) is 5.70 Å². The van der Waals surface area contributed by atoms with E-state index in [-0.39, 0.29) is 18.9 Å². The quantitative estimate of drug-likeness (QED) is 0.376. The number of carbonyl (C=O) groups excluding carboxylic acids is 3. The van der Waals surface area contributed by atoms with Crippen LogP contribution in [-0.4, -0.2) is 30.2 Å². The van der Waals surface area contributed by atoms with E-state index in [2.05, 4.69) is 10.5 Å². The predicted molar refractivity (Wildman–Crippen MR) is 118 cm³/mol. The smallest absolute Gasteiger partial charge is 0.329 e. The first-order valence-corrected chi connectivity index (χ1v) is 9.91. The Hall–Kier alpha value is -3.74. The molecule has 0 saturated carbocycles. The van der Waals surface area contributed by atoms with Crippen LogP contribution < -0.4 is 5.48 Å². The molecule has 7 heteroatoms. The van der Waals surface area contributed by atoms with Crippen molar-refractivity contribution in [1.82, 2.24) is 5.48 Å². The number of nitrogens with zero attached hydrogens (tertiary/aromatic N) is 1.